The Balaban J connectivity index is 1.76. The summed E-state index contributed by atoms with van der Waals surface area (Å²) in [5, 5.41) is 6.29. The van der Waals surface area contributed by atoms with E-state index in [2.05, 4.69) is 37.0 Å². The predicted molar refractivity (Wildman–Crippen MR) is 87.6 cm³/mol. The molecule has 0 atom stereocenters. The first-order chi connectivity index (χ1) is 10.2. The van der Waals surface area contributed by atoms with Crippen LogP contribution in [0.15, 0.2) is 11.6 Å². The molecule has 0 aromatic carbocycles. The van der Waals surface area contributed by atoms with E-state index in [1.165, 1.54) is 0 Å². The van der Waals surface area contributed by atoms with Crippen molar-refractivity contribution in [3.8, 4) is 0 Å². The Bertz CT molecular complexity index is 604. The molecule has 0 radical (unpaired) electrons. The number of anilines is 3. The summed E-state index contributed by atoms with van der Waals surface area (Å²) in [7, 11) is 1.90. The van der Waals surface area contributed by atoms with Gasteiger partial charge in [-0.15, -0.1) is 11.3 Å². The van der Waals surface area contributed by atoms with Crippen LogP contribution in [-0.4, -0.2) is 48.2 Å². The smallest absolute Gasteiger partial charge is 0.185 e. The number of hydrogen-bond acceptors (Lipinski definition) is 7. The number of piperazine rings is 1. The largest absolute Gasteiger partial charge is 0.373 e. The Hall–Kier alpha value is -1.89. The van der Waals surface area contributed by atoms with Crippen molar-refractivity contribution in [3.63, 3.8) is 0 Å². The third-order valence-electron chi connectivity index (χ3n) is 3.74. The molecule has 0 aliphatic carbocycles. The van der Waals surface area contributed by atoms with Gasteiger partial charge in [-0.25, -0.2) is 15.0 Å². The molecule has 1 fully saturated rings. The zero-order valence-electron chi connectivity index (χ0n) is 12.6. The Morgan fingerprint density at radius 2 is 1.81 bits per heavy atom. The molecule has 0 bridgehead atoms. The number of nitrogens with zero attached hydrogens (tertiary/aromatic N) is 5. The highest BCUT2D eigenvalue weighted by molar-refractivity contribution is 7.13. The van der Waals surface area contributed by atoms with Crippen LogP contribution in [0.4, 0.5) is 16.8 Å². The van der Waals surface area contributed by atoms with Gasteiger partial charge in [0.05, 0.1) is 0 Å². The van der Waals surface area contributed by atoms with E-state index in [1.807, 2.05) is 25.5 Å². The molecule has 2 aromatic heterocycles. The lowest BCUT2D eigenvalue weighted by Gasteiger charge is -2.36. The number of thiazole rings is 1. The van der Waals surface area contributed by atoms with Crippen LogP contribution < -0.4 is 15.1 Å². The van der Waals surface area contributed by atoms with Crippen molar-refractivity contribution in [2.75, 3.05) is 48.3 Å². The van der Waals surface area contributed by atoms with Gasteiger partial charge in [0.2, 0.25) is 0 Å². The molecule has 1 aliphatic rings. The first-order valence-electron chi connectivity index (χ1n) is 7.11. The highest BCUT2D eigenvalue weighted by Crippen LogP contribution is 2.26. The summed E-state index contributed by atoms with van der Waals surface area (Å²) in [6.45, 7) is 7.89. The van der Waals surface area contributed by atoms with E-state index in [4.69, 9.17) is 0 Å². The molecule has 21 heavy (non-hydrogen) atoms. The van der Waals surface area contributed by atoms with Crippen LogP contribution in [0.5, 0.6) is 0 Å². The van der Waals surface area contributed by atoms with Gasteiger partial charge in [-0.3, -0.25) is 0 Å². The van der Waals surface area contributed by atoms with Crippen molar-refractivity contribution in [2.45, 2.75) is 13.8 Å². The third-order valence-corrected chi connectivity index (χ3v) is 4.57. The van der Waals surface area contributed by atoms with Gasteiger partial charge in [-0.1, -0.05) is 0 Å². The van der Waals surface area contributed by atoms with E-state index in [0.717, 1.165) is 54.3 Å². The Morgan fingerprint density at radius 3 is 2.43 bits per heavy atom. The fraction of sp³-hybridized carbons (Fsp3) is 0.500. The monoisotopic (exact) mass is 304 g/mol. The van der Waals surface area contributed by atoms with Crippen molar-refractivity contribution < 1.29 is 0 Å². The molecule has 0 unspecified atom stereocenters. The molecular formula is C14H20N6S. The minimum atomic E-state index is 0.808. The van der Waals surface area contributed by atoms with Crippen LogP contribution in [0.25, 0.3) is 0 Å². The predicted octanol–water partition coefficient (Wildman–Crippen LogP) is 1.92. The summed E-state index contributed by atoms with van der Waals surface area (Å²) in [6.07, 6.45) is 1.86. The topological polar surface area (TPSA) is 57.2 Å². The van der Waals surface area contributed by atoms with Crippen molar-refractivity contribution in [3.05, 3.63) is 23.0 Å². The number of rotatable bonds is 3. The van der Waals surface area contributed by atoms with Crippen LogP contribution in [-0.2, 0) is 0 Å². The zero-order chi connectivity index (χ0) is 14.8. The van der Waals surface area contributed by atoms with Gasteiger partial charge in [-0.2, -0.15) is 0 Å². The van der Waals surface area contributed by atoms with Gasteiger partial charge in [0.1, 0.15) is 17.5 Å². The normalized spacial score (nSPS) is 15.4. The van der Waals surface area contributed by atoms with Gasteiger partial charge < -0.3 is 15.1 Å². The maximum Gasteiger partial charge on any atom is 0.185 e. The van der Waals surface area contributed by atoms with E-state index < -0.39 is 0 Å². The molecule has 3 heterocycles. The Morgan fingerprint density at radius 1 is 1.10 bits per heavy atom. The molecule has 2 aromatic rings. The minimum absolute atomic E-state index is 0.808. The molecule has 6 nitrogen and oxygen atoms in total. The second-order valence-corrected chi connectivity index (χ2v) is 5.98. The van der Waals surface area contributed by atoms with Gasteiger partial charge in [0.25, 0.3) is 0 Å². The zero-order valence-corrected chi connectivity index (χ0v) is 13.4. The molecular weight excluding hydrogens is 284 g/mol. The molecule has 0 saturated carbocycles. The quantitative estimate of drug-likeness (QED) is 0.935. The molecule has 1 N–H and O–H groups in total. The first-order valence-corrected chi connectivity index (χ1v) is 7.99. The summed E-state index contributed by atoms with van der Waals surface area (Å²) < 4.78 is 0. The van der Waals surface area contributed by atoms with E-state index in [1.54, 1.807) is 11.3 Å². The molecule has 0 spiro atoms. The molecule has 112 valence electrons. The summed E-state index contributed by atoms with van der Waals surface area (Å²) >= 11 is 1.70. The van der Waals surface area contributed by atoms with Crippen molar-refractivity contribution in [1.82, 2.24) is 15.0 Å². The Kier molecular flexibility index (Phi) is 3.92. The van der Waals surface area contributed by atoms with Gasteiger partial charge in [0, 0.05) is 50.4 Å². The van der Waals surface area contributed by atoms with E-state index in [-0.39, 0.29) is 0 Å². The maximum absolute atomic E-state index is 4.64. The van der Waals surface area contributed by atoms with E-state index in [9.17, 15) is 0 Å². The van der Waals surface area contributed by atoms with Gasteiger partial charge in [-0.05, 0) is 13.8 Å². The lowest BCUT2D eigenvalue weighted by molar-refractivity contribution is 0.643. The van der Waals surface area contributed by atoms with Crippen molar-refractivity contribution >= 4 is 28.1 Å². The number of nitrogens with one attached hydrogen (secondary N) is 1. The lowest BCUT2D eigenvalue weighted by Crippen LogP contribution is -2.47. The standard InChI is InChI=1S/C14H20N6S/c1-10-12(15-3)17-11(2)18-13(10)19-5-7-20(8-6-19)14-16-4-9-21-14/h4,9H,5-8H2,1-3H3,(H,15,17,18). The summed E-state index contributed by atoms with van der Waals surface area (Å²) in [5.41, 5.74) is 1.12. The second kappa shape index (κ2) is 5.85. The lowest BCUT2D eigenvalue weighted by atomic mass is 10.2. The Labute approximate surface area is 128 Å². The van der Waals surface area contributed by atoms with E-state index >= 15 is 0 Å². The highest BCUT2D eigenvalue weighted by Gasteiger charge is 2.22. The van der Waals surface area contributed by atoms with Crippen LogP contribution >= 0.6 is 11.3 Å². The molecule has 3 rings (SSSR count). The fourth-order valence-electron chi connectivity index (χ4n) is 2.65. The van der Waals surface area contributed by atoms with Crippen LogP contribution in [0.2, 0.25) is 0 Å². The van der Waals surface area contributed by atoms with Crippen LogP contribution in [0.1, 0.15) is 11.4 Å². The van der Waals surface area contributed by atoms with E-state index in [0.29, 0.717) is 0 Å². The molecule has 7 heteroatoms. The fourth-order valence-corrected chi connectivity index (χ4v) is 3.34. The molecule has 0 amide bonds. The molecule has 1 saturated heterocycles. The van der Waals surface area contributed by atoms with Crippen molar-refractivity contribution in [2.24, 2.45) is 0 Å². The van der Waals surface area contributed by atoms with Gasteiger partial charge in [0.15, 0.2) is 5.13 Å². The molecule has 1 aliphatic heterocycles. The highest BCUT2D eigenvalue weighted by atomic mass is 32.1. The number of hydrogen-bond donors (Lipinski definition) is 1. The second-order valence-electron chi connectivity index (χ2n) is 5.11. The average Bonchev–Trinajstić information content (AvgIpc) is 3.04. The third kappa shape index (κ3) is 2.78. The average molecular weight is 304 g/mol. The minimum Gasteiger partial charge on any atom is -0.373 e. The van der Waals surface area contributed by atoms with Crippen molar-refractivity contribution in [1.29, 1.82) is 0 Å². The summed E-state index contributed by atoms with van der Waals surface area (Å²) in [6, 6.07) is 0. The first kappa shape index (κ1) is 14.1. The van der Waals surface area contributed by atoms with Gasteiger partial charge >= 0.3 is 0 Å². The number of aryl methyl sites for hydroxylation is 1. The van der Waals surface area contributed by atoms with Crippen LogP contribution in [0.3, 0.4) is 0 Å². The number of aromatic nitrogens is 3. The summed E-state index contributed by atoms with van der Waals surface area (Å²) in [4.78, 5) is 18.1. The maximum atomic E-state index is 4.64. The SMILES string of the molecule is CNc1nc(C)nc(N2CCN(c3nccs3)CC2)c1C. The summed E-state index contributed by atoms with van der Waals surface area (Å²) in [5.74, 6) is 2.77. The van der Waals surface area contributed by atoms with Crippen LogP contribution in [0, 0.1) is 13.8 Å².